The molecule has 1 heterocycles. The van der Waals surface area contributed by atoms with Crippen LogP contribution in [0.1, 0.15) is 26.7 Å². The van der Waals surface area contributed by atoms with Crippen molar-refractivity contribution in [2.24, 2.45) is 0 Å². The number of ketones is 1. The SMILES string of the molecule is CC(=O)CCC(C)SSc1ccccn1. The molecule has 1 aromatic rings. The molecule has 0 aliphatic heterocycles. The van der Waals surface area contributed by atoms with Gasteiger partial charge in [0.2, 0.25) is 0 Å². The van der Waals surface area contributed by atoms with Gasteiger partial charge in [0.15, 0.2) is 0 Å². The Hall–Kier alpha value is -0.480. The minimum absolute atomic E-state index is 0.269. The minimum Gasteiger partial charge on any atom is -0.300 e. The Morgan fingerprint density at radius 3 is 2.93 bits per heavy atom. The first-order valence-corrected chi connectivity index (χ1v) is 7.13. The summed E-state index contributed by atoms with van der Waals surface area (Å²) in [6.45, 7) is 3.78. The first-order valence-electron chi connectivity index (χ1n) is 4.92. The number of hydrogen-bond acceptors (Lipinski definition) is 4. The molecule has 0 amide bonds. The molecule has 0 N–H and O–H groups in total. The summed E-state index contributed by atoms with van der Waals surface area (Å²) < 4.78 is 0. The van der Waals surface area contributed by atoms with Gasteiger partial charge in [-0.25, -0.2) is 4.98 Å². The maximum absolute atomic E-state index is 10.8. The molecule has 0 saturated heterocycles. The van der Waals surface area contributed by atoms with Crippen molar-refractivity contribution in [2.75, 3.05) is 0 Å². The molecule has 0 saturated carbocycles. The van der Waals surface area contributed by atoms with E-state index in [1.54, 1.807) is 34.7 Å². The number of Topliss-reactive ketones (excluding diaryl/α,β-unsaturated/α-hetero) is 1. The van der Waals surface area contributed by atoms with E-state index in [2.05, 4.69) is 11.9 Å². The Morgan fingerprint density at radius 2 is 2.33 bits per heavy atom. The van der Waals surface area contributed by atoms with Crippen LogP contribution in [0.3, 0.4) is 0 Å². The molecule has 0 aliphatic rings. The number of carbonyl (C=O) groups is 1. The van der Waals surface area contributed by atoms with Crippen LogP contribution >= 0.6 is 21.6 Å². The molecular formula is C11H15NOS2. The molecule has 1 unspecified atom stereocenters. The quantitative estimate of drug-likeness (QED) is 0.712. The van der Waals surface area contributed by atoms with Gasteiger partial charge in [-0.1, -0.05) is 23.8 Å². The lowest BCUT2D eigenvalue weighted by atomic mass is 10.2. The van der Waals surface area contributed by atoms with Gasteiger partial charge in [-0.15, -0.1) is 0 Å². The third-order valence-corrected chi connectivity index (χ3v) is 4.70. The molecule has 0 aromatic carbocycles. The van der Waals surface area contributed by atoms with E-state index in [0.717, 1.165) is 11.4 Å². The van der Waals surface area contributed by atoms with Gasteiger partial charge in [0.25, 0.3) is 0 Å². The molecule has 2 nitrogen and oxygen atoms in total. The van der Waals surface area contributed by atoms with Crippen molar-refractivity contribution < 1.29 is 4.79 Å². The lowest BCUT2D eigenvalue weighted by Crippen LogP contribution is -1.98. The summed E-state index contributed by atoms with van der Waals surface area (Å²) in [4.78, 5) is 15.0. The Balaban J connectivity index is 2.22. The summed E-state index contributed by atoms with van der Waals surface area (Å²) in [7, 11) is 3.45. The van der Waals surface area contributed by atoms with Gasteiger partial charge in [-0.2, -0.15) is 0 Å². The highest BCUT2D eigenvalue weighted by Gasteiger charge is 2.05. The van der Waals surface area contributed by atoms with Gasteiger partial charge in [0.05, 0.1) is 0 Å². The van der Waals surface area contributed by atoms with Crippen LogP contribution in [0.4, 0.5) is 0 Å². The third kappa shape index (κ3) is 5.85. The fourth-order valence-electron chi connectivity index (χ4n) is 0.982. The predicted octanol–water partition coefficient (Wildman–Crippen LogP) is 3.58. The van der Waals surface area contributed by atoms with Gasteiger partial charge >= 0.3 is 0 Å². The van der Waals surface area contributed by atoms with Crippen LogP contribution in [0.25, 0.3) is 0 Å². The van der Waals surface area contributed by atoms with Crippen molar-refractivity contribution in [2.45, 2.75) is 37.0 Å². The van der Waals surface area contributed by atoms with E-state index < -0.39 is 0 Å². The van der Waals surface area contributed by atoms with Crippen molar-refractivity contribution in [3.05, 3.63) is 24.4 Å². The first-order chi connectivity index (χ1) is 7.18. The van der Waals surface area contributed by atoms with E-state index in [1.807, 2.05) is 18.2 Å². The summed E-state index contributed by atoms with van der Waals surface area (Å²) in [5, 5.41) is 1.51. The number of hydrogen-bond donors (Lipinski definition) is 0. The number of carbonyl (C=O) groups excluding carboxylic acids is 1. The minimum atomic E-state index is 0.269. The molecule has 1 atom stereocenters. The van der Waals surface area contributed by atoms with Crippen molar-refractivity contribution in [3.8, 4) is 0 Å². The van der Waals surface area contributed by atoms with Gasteiger partial charge < -0.3 is 4.79 Å². The molecule has 0 fully saturated rings. The molecule has 4 heteroatoms. The Morgan fingerprint density at radius 1 is 1.53 bits per heavy atom. The van der Waals surface area contributed by atoms with Crippen LogP contribution in [0.15, 0.2) is 29.4 Å². The lowest BCUT2D eigenvalue weighted by molar-refractivity contribution is -0.117. The average Bonchev–Trinajstić information content (AvgIpc) is 2.25. The molecule has 0 radical (unpaired) electrons. The van der Waals surface area contributed by atoms with E-state index >= 15 is 0 Å². The van der Waals surface area contributed by atoms with Crippen LogP contribution in [-0.2, 0) is 4.79 Å². The van der Waals surface area contributed by atoms with Crippen molar-refractivity contribution in [1.82, 2.24) is 4.98 Å². The fraction of sp³-hybridized carbons (Fsp3) is 0.455. The number of pyridine rings is 1. The van der Waals surface area contributed by atoms with Gasteiger partial charge in [-0.3, -0.25) is 0 Å². The number of nitrogens with zero attached hydrogens (tertiary/aromatic N) is 1. The zero-order valence-electron chi connectivity index (χ0n) is 8.97. The fourth-order valence-corrected chi connectivity index (χ4v) is 3.07. The zero-order valence-corrected chi connectivity index (χ0v) is 10.6. The average molecular weight is 241 g/mol. The first kappa shape index (κ1) is 12.6. The summed E-state index contributed by atoms with van der Waals surface area (Å²) in [6.07, 6.45) is 3.42. The van der Waals surface area contributed by atoms with Crippen LogP contribution in [-0.4, -0.2) is 16.0 Å². The van der Waals surface area contributed by atoms with E-state index in [9.17, 15) is 4.79 Å². The normalized spacial score (nSPS) is 12.4. The van der Waals surface area contributed by atoms with Crippen molar-refractivity contribution in [3.63, 3.8) is 0 Å². The van der Waals surface area contributed by atoms with Crippen molar-refractivity contribution >= 4 is 27.4 Å². The van der Waals surface area contributed by atoms with E-state index in [0.29, 0.717) is 11.7 Å². The number of rotatable bonds is 6. The third-order valence-electron chi connectivity index (χ3n) is 1.84. The predicted molar refractivity (Wildman–Crippen MR) is 67.1 cm³/mol. The zero-order chi connectivity index (χ0) is 11.1. The Bertz CT molecular complexity index is 303. The summed E-state index contributed by atoms with van der Waals surface area (Å²) in [6, 6.07) is 5.89. The largest absolute Gasteiger partial charge is 0.300 e. The summed E-state index contributed by atoms with van der Waals surface area (Å²) in [5.41, 5.74) is 0. The summed E-state index contributed by atoms with van der Waals surface area (Å²) in [5.74, 6) is 0.269. The van der Waals surface area contributed by atoms with Crippen LogP contribution < -0.4 is 0 Å². The van der Waals surface area contributed by atoms with E-state index in [1.165, 1.54) is 0 Å². The summed E-state index contributed by atoms with van der Waals surface area (Å²) >= 11 is 0. The molecular weight excluding hydrogens is 226 g/mol. The Kier molecular flexibility index (Phi) is 5.79. The second kappa shape index (κ2) is 6.90. The molecule has 82 valence electrons. The van der Waals surface area contributed by atoms with E-state index in [-0.39, 0.29) is 5.78 Å². The molecule has 15 heavy (non-hydrogen) atoms. The standard InChI is InChI=1S/C11H15NOS2/c1-9(13)6-7-10(2)14-15-11-5-3-4-8-12-11/h3-5,8,10H,6-7H2,1-2H3. The van der Waals surface area contributed by atoms with Gasteiger partial charge in [-0.05, 0) is 36.3 Å². The highest BCUT2D eigenvalue weighted by atomic mass is 33.1. The van der Waals surface area contributed by atoms with E-state index in [4.69, 9.17) is 0 Å². The molecule has 0 bridgehead atoms. The van der Waals surface area contributed by atoms with Crippen LogP contribution in [0.2, 0.25) is 0 Å². The second-order valence-corrected chi connectivity index (χ2v) is 6.06. The van der Waals surface area contributed by atoms with Crippen LogP contribution in [0, 0.1) is 0 Å². The topological polar surface area (TPSA) is 30.0 Å². The van der Waals surface area contributed by atoms with Crippen LogP contribution in [0.5, 0.6) is 0 Å². The maximum atomic E-state index is 10.8. The lowest BCUT2D eigenvalue weighted by Gasteiger charge is -2.08. The smallest absolute Gasteiger partial charge is 0.129 e. The molecule has 0 aliphatic carbocycles. The highest BCUT2D eigenvalue weighted by Crippen LogP contribution is 2.34. The monoisotopic (exact) mass is 241 g/mol. The number of aromatic nitrogens is 1. The highest BCUT2D eigenvalue weighted by molar-refractivity contribution is 8.76. The molecule has 0 spiro atoms. The second-order valence-electron chi connectivity index (χ2n) is 3.40. The maximum Gasteiger partial charge on any atom is 0.129 e. The molecule has 1 rings (SSSR count). The van der Waals surface area contributed by atoms with Crippen molar-refractivity contribution in [1.29, 1.82) is 0 Å². The van der Waals surface area contributed by atoms with Gasteiger partial charge in [0, 0.05) is 17.9 Å². The van der Waals surface area contributed by atoms with Gasteiger partial charge in [0.1, 0.15) is 10.8 Å². The molecule has 1 aromatic heterocycles. The Labute approximate surface area is 98.6 Å².